The third-order valence-corrected chi connectivity index (χ3v) is 6.61. The molecule has 0 aliphatic carbocycles. The lowest BCUT2D eigenvalue weighted by molar-refractivity contribution is -0.217. The van der Waals surface area contributed by atoms with Crippen LogP contribution in [0.4, 0.5) is 0 Å². The molecule has 2 aromatic rings. The quantitative estimate of drug-likeness (QED) is 0.0933. The van der Waals surface area contributed by atoms with Gasteiger partial charge in [0.05, 0.1) is 5.56 Å². The van der Waals surface area contributed by atoms with E-state index in [9.17, 15) is 4.79 Å². The van der Waals surface area contributed by atoms with Crippen LogP contribution in [0, 0.1) is 17.5 Å². The summed E-state index contributed by atoms with van der Waals surface area (Å²) in [6, 6.07) is 18.5. The predicted octanol–water partition coefficient (Wildman–Crippen LogP) is 7.67. The van der Waals surface area contributed by atoms with E-state index < -0.39 is 34.7 Å². The number of nitrogens with zero attached hydrogens (tertiary/aromatic N) is 2. The number of ether oxygens (including phenoxy) is 4. The van der Waals surface area contributed by atoms with Crippen molar-refractivity contribution in [2.45, 2.75) is 85.3 Å². The molecule has 0 heterocycles. The highest BCUT2D eigenvalue weighted by Crippen LogP contribution is 2.37. The molecule has 0 aliphatic rings. The Morgan fingerprint density at radius 1 is 0.810 bits per heavy atom. The Morgan fingerprint density at radius 2 is 1.21 bits per heavy atom. The summed E-state index contributed by atoms with van der Waals surface area (Å²) in [5.41, 5.74) is 2.38. The van der Waals surface area contributed by atoms with Gasteiger partial charge in [-0.2, -0.15) is 0 Å². The second kappa shape index (κ2) is 20.3. The number of ketones is 1. The summed E-state index contributed by atoms with van der Waals surface area (Å²) in [5.74, 6) is -0.126. The molecule has 2 aromatic carbocycles. The third-order valence-electron chi connectivity index (χ3n) is 5.01. The number of rotatable bonds is 14. The zero-order valence-corrected chi connectivity index (χ0v) is 29.1. The monoisotopic (exact) mass is 614 g/mol. The molecular formula is C32H50N2O6Si2. The molecule has 0 fully saturated rings. The van der Waals surface area contributed by atoms with Crippen molar-refractivity contribution in [2.75, 3.05) is 26.4 Å². The summed E-state index contributed by atoms with van der Waals surface area (Å²) < 4.78 is 28.1. The van der Waals surface area contributed by atoms with E-state index in [-0.39, 0.29) is 5.78 Å². The Bertz CT molecular complexity index is 1080. The van der Waals surface area contributed by atoms with E-state index in [1.165, 1.54) is 0 Å². The molecular weight excluding hydrogens is 565 g/mol. The highest BCUT2D eigenvalue weighted by atomic mass is 28.4. The fraction of sp³-hybridized carbons (Fsp3) is 0.531. The lowest BCUT2D eigenvalue weighted by Gasteiger charge is -2.34. The molecule has 0 N–H and O–H groups in total. The number of carbonyl (C=O) groups excluding carboxylic acids is 1. The summed E-state index contributed by atoms with van der Waals surface area (Å²) in [5, 5.41) is 8.21. The maximum atomic E-state index is 11.9. The minimum atomic E-state index is -1.99. The summed E-state index contributed by atoms with van der Waals surface area (Å²) in [4.78, 5) is 15.7. The van der Waals surface area contributed by atoms with E-state index in [2.05, 4.69) is 30.2 Å². The summed E-state index contributed by atoms with van der Waals surface area (Å²) >= 11 is 0. The molecule has 232 valence electrons. The van der Waals surface area contributed by atoms with Crippen LogP contribution < -0.4 is 0 Å². The first-order valence-corrected chi connectivity index (χ1v) is 21.3. The molecule has 0 aromatic heterocycles. The average Bonchev–Trinajstić information content (AvgIpc) is 2.96. The number of hydrogen-bond acceptors (Lipinski definition) is 7. The molecule has 2 rings (SSSR count). The highest BCUT2D eigenvalue weighted by Gasteiger charge is 2.53. The van der Waals surface area contributed by atoms with Crippen molar-refractivity contribution in [3.05, 3.63) is 83.2 Å². The van der Waals surface area contributed by atoms with Crippen LogP contribution in [0.15, 0.2) is 60.7 Å². The molecule has 1 unspecified atom stereocenters. The standard InChI is InChI=1S/C16H25NO3Si.C12H16O3.C4H9NSi/c1-7-18-15(19-8-2)16(17-3,20-21(4,5)6)14-12-10-9-11-13-14;1-3-14-12(15-4-2)11(13)10-8-6-5-7-9-10;1-6(2,3)4-5/h9-13,15H,7-8H2,1-2,4-6H3;5-9,12H,3-4H2,1-2H3;1-3H3. The number of benzene rings is 2. The van der Waals surface area contributed by atoms with Gasteiger partial charge < -0.3 is 23.4 Å². The Balaban J connectivity index is 0.000000695. The number of Topliss-reactive ketones (excluding diaryl/α,β-unsaturated/α-hetero) is 1. The Kier molecular flexibility index (Phi) is 19.0. The van der Waals surface area contributed by atoms with Gasteiger partial charge in [-0.25, -0.2) is 11.8 Å². The van der Waals surface area contributed by atoms with Gasteiger partial charge in [-0.05, 0) is 59.5 Å². The number of hydrogen-bond donors (Lipinski definition) is 0. The second-order valence-corrected chi connectivity index (χ2v) is 20.1. The van der Waals surface area contributed by atoms with Gasteiger partial charge in [-0.3, -0.25) is 9.64 Å². The molecule has 10 heteroatoms. The molecule has 42 heavy (non-hydrogen) atoms. The lowest BCUT2D eigenvalue weighted by Crippen LogP contribution is -2.48. The molecule has 0 amide bonds. The van der Waals surface area contributed by atoms with Crippen LogP contribution in [0.5, 0.6) is 0 Å². The van der Waals surface area contributed by atoms with E-state index in [4.69, 9.17) is 35.2 Å². The van der Waals surface area contributed by atoms with Crippen LogP contribution in [0.1, 0.15) is 43.6 Å². The van der Waals surface area contributed by atoms with E-state index in [1.807, 2.05) is 95.9 Å². The molecule has 1 atom stereocenters. The van der Waals surface area contributed by atoms with Crippen molar-refractivity contribution in [2.24, 2.45) is 0 Å². The first-order chi connectivity index (χ1) is 19.7. The van der Waals surface area contributed by atoms with Gasteiger partial charge in [0, 0.05) is 37.7 Å². The first kappa shape index (κ1) is 39.3. The Labute approximate surface area is 255 Å². The lowest BCUT2D eigenvalue weighted by atomic mass is 10.0. The van der Waals surface area contributed by atoms with Crippen LogP contribution in [-0.2, 0) is 29.1 Å². The number of carbonyl (C=O) groups is 1. The first-order valence-electron chi connectivity index (χ1n) is 14.4. The highest BCUT2D eigenvalue weighted by molar-refractivity contribution is 6.83. The van der Waals surface area contributed by atoms with Gasteiger partial charge in [-0.1, -0.05) is 68.2 Å². The third kappa shape index (κ3) is 15.0. The summed E-state index contributed by atoms with van der Waals surface area (Å²) in [7, 11) is -3.32. The van der Waals surface area contributed by atoms with Gasteiger partial charge in [0.15, 0.2) is 16.4 Å². The zero-order valence-electron chi connectivity index (χ0n) is 27.1. The SMILES string of the molecule is CCOC(OCC)C(=O)c1ccccc1.C[Si](C)(C)C#N.[C-]#[N+]C(O[Si](C)(C)C)(c1ccccc1)C(OCC)OCC. The van der Waals surface area contributed by atoms with Crippen molar-refractivity contribution in [1.29, 1.82) is 5.26 Å². The van der Waals surface area contributed by atoms with Crippen LogP contribution in [0.3, 0.4) is 0 Å². The van der Waals surface area contributed by atoms with Crippen LogP contribution in [0.2, 0.25) is 39.3 Å². The second-order valence-electron chi connectivity index (χ2n) is 11.0. The topological polar surface area (TPSA) is 91.4 Å². The van der Waals surface area contributed by atoms with Gasteiger partial charge in [-0.15, -0.1) is 0 Å². The van der Waals surface area contributed by atoms with Gasteiger partial charge in [0.25, 0.3) is 6.29 Å². The number of nitriles is 1. The molecule has 0 radical (unpaired) electrons. The maximum Gasteiger partial charge on any atom is 0.405 e. The van der Waals surface area contributed by atoms with Crippen molar-refractivity contribution < 1.29 is 28.2 Å². The fourth-order valence-electron chi connectivity index (χ4n) is 3.34. The fourth-order valence-corrected chi connectivity index (χ4v) is 4.54. The van der Waals surface area contributed by atoms with Crippen LogP contribution in [0.25, 0.3) is 4.85 Å². The largest absolute Gasteiger partial charge is 0.405 e. The molecule has 0 bridgehead atoms. The van der Waals surface area contributed by atoms with Gasteiger partial charge in [0.1, 0.15) is 0 Å². The Morgan fingerprint density at radius 3 is 1.55 bits per heavy atom. The molecule has 0 spiro atoms. The maximum absolute atomic E-state index is 11.9. The van der Waals surface area contributed by atoms with E-state index in [0.29, 0.717) is 32.0 Å². The van der Waals surface area contributed by atoms with Gasteiger partial charge >= 0.3 is 5.72 Å². The van der Waals surface area contributed by atoms with Crippen molar-refractivity contribution in [3.63, 3.8) is 0 Å². The molecule has 0 saturated heterocycles. The summed E-state index contributed by atoms with van der Waals surface area (Å²) in [6.45, 7) is 29.3. The predicted molar refractivity (Wildman–Crippen MR) is 173 cm³/mol. The van der Waals surface area contributed by atoms with Gasteiger partial charge in [0.2, 0.25) is 12.1 Å². The normalized spacial score (nSPS) is 12.6. The van der Waals surface area contributed by atoms with Crippen molar-refractivity contribution >= 4 is 22.2 Å². The van der Waals surface area contributed by atoms with Crippen LogP contribution >= 0.6 is 0 Å². The van der Waals surface area contributed by atoms with Crippen molar-refractivity contribution in [1.82, 2.24) is 0 Å². The van der Waals surface area contributed by atoms with Crippen molar-refractivity contribution in [3.8, 4) is 5.69 Å². The average molecular weight is 615 g/mol. The Hall–Kier alpha value is -2.68. The minimum absolute atomic E-state index is 0.126. The van der Waals surface area contributed by atoms with E-state index >= 15 is 0 Å². The zero-order chi connectivity index (χ0) is 32.2. The molecule has 0 saturated carbocycles. The smallest absolute Gasteiger partial charge is 0.346 e. The van der Waals surface area contributed by atoms with E-state index in [0.717, 1.165) is 5.56 Å². The minimum Gasteiger partial charge on any atom is -0.346 e. The van der Waals surface area contributed by atoms with E-state index in [1.54, 1.807) is 12.1 Å². The summed E-state index contributed by atoms with van der Waals surface area (Å²) in [6.07, 6.45) is -1.51. The van der Waals surface area contributed by atoms with Crippen LogP contribution in [-0.4, -0.2) is 61.2 Å². The molecule has 8 nitrogen and oxygen atoms in total. The molecule has 0 aliphatic heterocycles.